The van der Waals surface area contributed by atoms with Crippen LogP contribution in [0.25, 0.3) is 0 Å². The molecule has 2 rings (SSSR count). The molecule has 1 aromatic rings. The number of hydrogen-bond donors (Lipinski definition) is 1. The van der Waals surface area contributed by atoms with Crippen LogP contribution in [0.4, 0.5) is 5.13 Å². The van der Waals surface area contributed by atoms with Crippen molar-refractivity contribution in [3.63, 3.8) is 0 Å². The first-order chi connectivity index (χ1) is 10.3. The van der Waals surface area contributed by atoms with Crippen molar-refractivity contribution in [1.29, 1.82) is 0 Å². The van der Waals surface area contributed by atoms with Gasteiger partial charge in [0.15, 0.2) is 14.2 Å². The highest BCUT2D eigenvalue weighted by Gasteiger charge is 2.34. The monoisotopic (exact) mass is 364 g/mol. The van der Waals surface area contributed by atoms with E-state index >= 15 is 0 Å². The number of hydrogen-bond acceptors (Lipinski definition) is 8. The van der Waals surface area contributed by atoms with Crippen LogP contribution in [0.1, 0.15) is 20.3 Å². The largest absolute Gasteiger partial charge is 0.374 e. The van der Waals surface area contributed by atoms with Crippen molar-refractivity contribution in [2.45, 2.75) is 30.6 Å². The van der Waals surface area contributed by atoms with Crippen LogP contribution in [-0.4, -0.2) is 59.3 Å². The Morgan fingerprint density at radius 1 is 1.50 bits per heavy atom. The third kappa shape index (κ3) is 4.82. The Labute approximate surface area is 138 Å². The summed E-state index contributed by atoms with van der Waals surface area (Å²) in [5.74, 6) is 0.684. The SMILES string of the molecule is CC(C)CN(C(=O)CSc1nnc(N)s1)[C@@H]1CCS(=O)(=O)C1. The van der Waals surface area contributed by atoms with Gasteiger partial charge in [-0.2, -0.15) is 0 Å². The Bertz CT molecular complexity index is 629. The zero-order valence-corrected chi connectivity index (χ0v) is 15.0. The van der Waals surface area contributed by atoms with Gasteiger partial charge in [0.1, 0.15) is 0 Å². The van der Waals surface area contributed by atoms with E-state index in [9.17, 15) is 13.2 Å². The average Bonchev–Trinajstić information content (AvgIpc) is 2.98. The van der Waals surface area contributed by atoms with Crippen molar-refractivity contribution >= 4 is 44.0 Å². The Morgan fingerprint density at radius 2 is 2.23 bits per heavy atom. The molecule has 22 heavy (non-hydrogen) atoms. The molecule has 1 aromatic heterocycles. The summed E-state index contributed by atoms with van der Waals surface area (Å²) in [7, 11) is -3.01. The molecule has 7 nitrogen and oxygen atoms in total. The normalized spacial score (nSPS) is 20.4. The maximum atomic E-state index is 12.5. The highest BCUT2D eigenvalue weighted by Crippen LogP contribution is 2.25. The minimum Gasteiger partial charge on any atom is -0.374 e. The highest BCUT2D eigenvalue weighted by atomic mass is 32.2. The summed E-state index contributed by atoms with van der Waals surface area (Å²) in [6.45, 7) is 4.60. The lowest BCUT2D eigenvalue weighted by Gasteiger charge is -2.29. The molecule has 1 aliphatic rings. The molecule has 2 heterocycles. The molecule has 0 aliphatic carbocycles. The molecule has 0 unspecified atom stereocenters. The van der Waals surface area contributed by atoms with Crippen LogP contribution in [0.3, 0.4) is 0 Å². The van der Waals surface area contributed by atoms with E-state index in [1.165, 1.54) is 23.1 Å². The second-order valence-electron chi connectivity index (χ2n) is 5.69. The van der Waals surface area contributed by atoms with E-state index in [1.54, 1.807) is 4.90 Å². The van der Waals surface area contributed by atoms with Gasteiger partial charge in [0.05, 0.1) is 17.3 Å². The summed E-state index contributed by atoms with van der Waals surface area (Å²) in [5.41, 5.74) is 5.51. The van der Waals surface area contributed by atoms with Crippen molar-refractivity contribution in [2.24, 2.45) is 5.92 Å². The Kier molecular flexibility index (Phi) is 5.67. The van der Waals surface area contributed by atoms with E-state index < -0.39 is 9.84 Å². The number of nitrogens with zero attached hydrogens (tertiary/aromatic N) is 3. The van der Waals surface area contributed by atoms with Gasteiger partial charge in [0.25, 0.3) is 0 Å². The molecule has 0 radical (unpaired) electrons. The first-order valence-corrected chi connectivity index (χ1v) is 10.6. The number of nitrogen functional groups attached to an aromatic ring is 1. The number of rotatable bonds is 6. The van der Waals surface area contributed by atoms with Crippen molar-refractivity contribution in [3.05, 3.63) is 0 Å². The zero-order valence-electron chi connectivity index (χ0n) is 12.6. The third-order valence-electron chi connectivity index (χ3n) is 3.27. The first kappa shape index (κ1) is 17.5. The van der Waals surface area contributed by atoms with Crippen molar-refractivity contribution in [2.75, 3.05) is 29.5 Å². The molecule has 10 heteroatoms. The highest BCUT2D eigenvalue weighted by molar-refractivity contribution is 8.01. The summed E-state index contributed by atoms with van der Waals surface area (Å²) in [6.07, 6.45) is 0.525. The minimum atomic E-state index is -3.01. The van der Waals surface area contributed by atoms with Gasteiger partial charge in [0, 0.05) is 12.6 Å². The molecule has 1 aliphatic heterocycles. The van der Waals surface area contributed by atoms with Crippen LogP contribution >= 0.6 is 23.1 Å². The van der Waals surface area contributed by atoms with E-state index in [2.05, 4.69) is 10.2 Å². The van der Waals surface area contributed by atoms with Crippen LogP contribution in [-0.2, 0) is 14.6 Å². The van der Waals surface area contributed by atoms with E-state index in [4.69, 9.17) is 5.73 Å². The maximum absolute atomic E-state index is 12.5. The number of carbonyl (C=O) groups excluding carboxylic acids is 1. The first-order valence-electron chi connectivity index (χ1n) is 6.98. The summed E-state index contributed by atoms with van der Waals surface area (Å²) in [5, 5.41) is 7.95. The molecule has 0 saturated carbocycles. The fraction of sp³-hybridized carbons (Fsp3) is 0.750. The number of nitrogens with two attached hydrogens (primary N) is 1. The summed E-state index contributed by atoms with van der Waals surface area (Å²) < 4.78 is 24.0. The standard InChI is InChI=1S/C12H20N4O3S3/c1-8(2)5-16(9-3-4-22(18,19)7-9)10(17)6-20-12-15-14-11(13)21-12/h8-9H,3-7H2,1-2H3,(H2,13,14)/t9-/m1/s1. The van der Waals surface area contributed by atoms with Crippen molar-refractivity contribution in [3.8, 4) is 0 Å². The van der Waals surface area contributed by atoms with Gasteiger partial charge >= 0.3 is 0 Å². The van der Waals surface area contributed by atoms with Gasteiger partial charge < -0.3 is 10.6 Å². The lowest BCUT2D eigenvalue weighted by Crippen LogP contribution is -2.44. The lowest BCUT2D eigenvalue weighted by molar-refractivity contribution is -0.130. The number of thioether (sulfide) groups is 1. The molecule has 124 valence electrons. The molecule has 1 fully saturated rings. The Morgan fingerprint density at radius 3 is 2.73 bits per heavy atom. The molecular formula is C12H20N4O3S3. The van der Waals surface area contributed by atoms with Crippen LogP contribution in [0.5, 0.6) is 0 Å². The van der Waals surface area contributed by atoms with Crippen LogP contribution in [0, 0.1) is 5.92 Å². The predicted molar refractivity (Wildman–Crippen MR) is 88.7 cm³/mol. The molecule has 0 aromatic carbocycles. The van der Waals surface area contributed by atoms with Gasteiger partial charge in [-0.25, -0.2) is 8.42 Å². The van der Waals surface area contributed by atoms with Crippen molar-refractivity contribution < 1.29 is 13.2 Å². The number of amides is 1. The maximum Gasteiger partial charge on any atom is 0.233 e. The smallest absolute Gasteiger partial charge is 0.233 e. The fourth-order valence-electron chi connectivity index (χ4n) is 2.35. The van der Waals surface area contributed by atoms with Crippen LogP contribution in [0.2, 0.25) is 0 Å². The topological polar surface area (TPSA) is 106 Å². The van der Waals surface area contributed by atoms with E-state index in [0.717, 1.165) is 0 Å². The Balaban J connectivity index is 2.00. The second kappa shape index (κ2) is 7.14. The third-order valence-corrected chi connectivity index (χ3v) is 6.89. The van der Waals surface area contributed by atoms with Gasteiger partial charge in [-0.15, -0.1) is 10.2 Å². The molecular weight excluding hydrogens is 344 g/mol. The van der Waals surface area contributed by atoms with Gasteiger partial charge in [-0.05, 0) is 12.3 Å². The van der Waals surface area contributed by atoms with Gasteiger partial charge in [-0.1, -0.05) is 36.9 Å². The molecule has 1 saturated heterocycles. The Hall–Kier alpha value is -0.870. The van der Waals surface area contributed by atoms with Crippen LogP contribution < -0.4 is 5.73 Å². The quantitative estimate of drug-likeness (QED) is 0.747. The van der Waals surface area contributed by atoms with E-state index in [0.29, 0.717) is 22.4 Å². The number of sulfone groups is 1. The zero-order chi connectivity index (χ0) is 16.3. The molecule has 1 amide bonds. The number of aromatic nitrogens is 2. The molecule has 0 spiro atoms. The van der Waals surface area contributed by atoms with Gasteiger partial charge in [0.2, 0.25) is 11.0 Å². The summed E-state index contributed by atoms with van der Waals surface area (Å²) in [4.78, 5) is 14.2. The fourth-order valence-corrected chi connectivity index (χ4v) is 5.61. The number of anilines is 1. The van der Waals surface area contributed by atoms with Gasteiger partial charge in [-0.3, -0.25) is 4.79 Å². The van der Waals surface area contributed by atoms with E-state index in [-0.39, 0.29) is 35.1 Å². The summed E-state index contributed by atoms with van der Waals surface area (Å²) >= 11 is 2.53. The van der Waals surface area contributed by atoms with Crippen molar-refractivity contribution in [1.82, 2.24) is 15.1 Å². The lowest BCUT2D eigenvalue weighted by atomic mass is 10.1. The second-order valence-corrected chi connectivity index (χ2v) is 10.2. The molecule has 0 bridgehead atoms. The molecule has 2 N–H and O–H groups in total. The van der Waals surface area contributed by atoms with Crippen LogP contribution in [0.15, 0.2) is 4.34 Å². The predicted octanol–water partition coefficient (Wildman–Crippen LogP) is 0.884. The molecule has 1 atom stereocenters. The summed E-state index contributed by atoms with van der Waals surface area (Å²) in [6, 6.07) is -0.208. The van der Waals surface area contributed by atoms with E-state index in [1.807, 2.05) is 13.8 Å². The average molecular weight is 365 g/mol. The number of carbonyl (C=O) groups is 1. The minimum absolute atomic E-state index is 0.0606.